The van der Waals surface area contributed by atoms with Gasteiger partial charge < -0.3 is 15.6 Å². The molecule has 0 atom stereocenters. The number of benzene rings is 2. The Balaban J connectivity index is 1.77. The second-order valence-electron chi connectivity index (χ2n) is 6.53. The van der Waals surface area contributed by atoms with Crippen molar-refractivity contribution >= 4 is 23.0 Å². The fourth-order valence-corrected chi connectivity index (χ4v) is 3.46. The minimum Gasteiger partial charge on any atom is -0.397 e. The molecule has 1 aliphatic rings. The molecule has 4 rings (SSSR count). The molecule has 0 bridgehead atoms. The quantitative estimate of drug-likeness (QED) is 0.651. The Morgan fingerprint density at radius 2 is 2.04 bits per heavy atom. The summed E-state index contributed by atoms with van der Waals surface area (Å²) >= 11 is 6.49. The number of halogens is 1. The summed E-state index contributed by atoms with van der Waals surface area (Å²) < 4.78 is 2.19. The fraction of sp³-hybridized carbons (Fsp3) is 0.250. The molecule has 0 radical (unpaired) electrons. The summed E-state index contributed by atoms with van der Waals surface area (Å²) in [5.74, 6) is 0.562. The predicted molar refractivity (Wildman–Crippen MR) is 104 cm³/mol. The fourth-order valence-electron chi connectivity index (χ4n) is 3.23. The number of nitrogens with one attached hydrogen (secondary N) is 1. The van der Waals surface area contributed by atoms with Crippen LogP contribution in [-0.4, -0.2) is 16.6 Å². The van der Waals surface area contributed by atoms with Crippen LogP contribution in [0.15, 0.2) is 48.8 Å². The number of hydrogen-bond acceptors (Lipinski definition) is 3. The molecule has 0 amide bonds. The Bertz CT molecular complexity index is 912. The Hall–Kier alpha value is -2.46. The second-order valence-corrected chi connectivity index (χ2v) is 6.94. The van der Waals surface area contributed by atoms with Crippen molar-refractivity contribution in [1.29, 1.82) is 0 Å². The van der Waals surface area contributed by atoms with E-state index in [4.69, 9.17) is 22.3 Å². The van der Waals surface area contributed by atoms with Crippen molar-refractivity contribution in [3.63, 3.8) is 0 Å². The van der Waals surface area contributed by atoms with Crippen molar-refractivity contribution in [2.75, 3.05) is 18.1 Å². The Labute approximate surface area is 152 Å². The lowest BCUT2D eigenvalue weighted by Crippen LogP contribution is -2.04. The number of imidazole rings is 1. The smallest absolute Gasteiger partial charge is 0.0957 e. The van der Waals surface area contributed by atoms with Crippen LogP contribution in [0, 0.1) is 0 Å². The molecule has 1 heterocycles. The largest absolute Gasteiger partial charge is 0.397 e. The van der Waals surface area contributed by atoms with Crippen LogP contribution >= 0.6 is 11.6 Å². The normalized spacial score (nSPS) is 13.8. The van der Waals surface area contributed by atoms with Gasteiger partial charge in [0.1, 0.15) is 0 Å². The lowest BCUT2D eigenvalue weighted by Gasteiger charge is -2.13. The topological polar surface area (TPSA) is 55.9 Å². The Kier molecular flexibility index (Phi) is 4.14. The van der Waals surface area contributed by atoms with Gasteiger partial charge in [0, 0.05) is 30.1 Å². The van der Waals surface area contributed by atoms with Crippen molar-refractivity contribution in [2.45, 2.75) is 25.3 Å². The monoisotopic (exact) mass is 352 g/mol. The zero-order valence-electron chi connectivity index (χ0n) is 14.2. The molecule has 3 aromatic rings. The summed E-state index contributed by atoms with van der Waals surface area (Å²) in [6, 6.07) is 14.1. The summed E-state index contributed by atoms with van der Waals surface area (Å²) in [5, 5.41) is 3.90. The van der Waals surface area contributed by atoms with E-state index < -0.39 is 0 Å². The van der Waals surface area contributed by atoms with E-state index in [1.807, 2.05) is 37.6 Å². The molecule has 1 saturated carbocycles. The van der Waals surface area contributed by atoms with E-state index in [9.17, 15) is 0 Å². The Morgan fingerprint density at radius 1 is 1.24 bits per heavy atom. The first-order valence-electron chi connectivity index (χ1n) is 8.53. The molecule has 0 saturated heterocycles. The highest BCUT2D eigenvalue weighted by Crippen LogP contribution is 2.44. The molecule has 1 fully saturated rings. The first-order chi connectivity index (χ1) is 12.2. The van der Waals surface area contributed by atoms with Gasteiger partial charge in [-0.15, -0.1) is 0 Å². The highest BCUT2D eigenvalue weighted by molar-refractivity contribution is 6.33. The molecule has 3 N–H and O–H groups in total. The third kappa shape index (κ3) is 3.10. The number of rotatable bonds is 5. The molecule has 128 valence electrons. The van der Waals surface area contributed by atoms with Gasteiger partial charge in [0.05, 0.1) is 29.1 Å². The number of nitrogens with two attached hydrogens (primary N) is 1. The minimum absolute atomic E-state index is 0.562. The van der Waals surface area contributed by atoms with Gasteiger partial charge >= 0.3 is 0 Å². The lowest BCUT2D eigenvalue weighted by atomic mass is 10.1. The van der Waals surface area contributed by atoms with E-state index in [2.05, 4.69) is 28.1 Å². The zero-order chi connectivity index (χ0) is 17.4. The maximum Gasteiger partial charge on any atom is 0.0957 e. The van der Waals surface area contributed by atoms with Gasteiger partial charge in [-0.3, -0.25) is 0 Å². The van der Waals surface area contributed by atoms with Crippen LogP contribution < -0.4 is 11.1 Å². The molecular formula is C20H21ClN4. The lowest BCUT2D eigenvalue weighted by molar-refractivity contribution is 0.804. The summed E-state index contributed by atoms with van der Waals surface area (Å²) in [6.45, 7) is 0.731. The first-order valence-corrected chi connectivity index (χ1v) is 8.91. The number of aromatic nitrogens is 2. The third-order valence-electron chi connectivity index (χ3n) is 4.70. The third-order valence-corrected chi connectivity index (χ3v) is 5.03. The van der Waals surface area contributed by atoms with Gasteiger partial charge in [0.25, 0.3) is 0 Å². The van der Waals surface area contributed by atoms with Crippen molar-refractivity contribution in [3.05, 3.63) is 65.1 Å². The molecular weight excluding hydrogens is 332 g/mol. The number of anilines is 2. The van der Waals surface area contributed by atoms with Crippen molar-refractivity contribution in [1.82, 2.24) is 9.55 Å². The van der Waals surface area contributed by atoms with Crippen LogP contribution in [0.3, 0.4) is 0 Å². The van der Waals surface area contributed by atoms with Crippen LogP contribution in [0.4, 0.5) is 11.4 Å². The summed E-state index contributed by atoms with van der Waals surface area (Å²) in [4.78, 5) is 4.72. The SMILES string of the molecule is CNc1cc(Cn2cnc(C3CC3)c2-c2ccccc2Cl)ccc1N. The molecule has 0 aliphatic heterocycles. The van der Waals surface area contributed by atoms with E-state index in [1.54, 1.807) is 0 Å². The molecule has 2 aromatic carbocycles. The van der Waals surface area contributed by atoms with Crippen molar-refractivity contribution < 1.29 is 0 Å². The highest BCUT2D eigenvalue weighted by atomic mass is 35.5. The van der Waals surface area contributed by atoms with Crippen molar-refractivity contribution in [3.8, 4) is 11.3 Å². The summed E-state index contributed by atoms with van der Waals surface area (Å²) in [7, 11) is 1.88. The predicted octanol–water partition coefficient (Wildman–Crippen LogP) is 4.75. The van der Waals surface area contributed by atoms with Gasteiger partial charge in [-0.25, -0.2) is 4.98 Å². The molecule has 4 nitrogen and oxygen atoms in total. The second kappa shape index (κ2) is 6.45. The van der Waals surface area contributed by atoms with Gasteiger partial charge in [0.2, 0.25) is 0 Å². The summed E-state index contributed by atoms with van der Waals surface area (Å²) in [5.41, 5.74) is 12.2. The van der Waals surface area contributed by atoms with Crippen LogP contribution in [0.1, 0.15) is 30.0 Å². The maximum absolute atomic E-state index is 6.49. The van der Waals surface area contributed by atoms with Crippen LogP contribution in [0.25, 0.3) is 11.3 Å². The maximum atomic E-state index is 6.49. The van der Waals surface area contributed by atoms with Gasteiger partial charge in [-0.2, -0.15) is 0 Å². The Morgan fingerprint density at radius 3 is 2.76 bits per heavy atom. The molecule has 1 aliphatic carbocycles. The highest BCUT2D eigenvalue weighted by Gasteiger charge is 2.30. The van der Waals surface area contributed by atoms with Gasteiger partial charge in [-0.05, 0) is 36.6 Å². The minimum atomic E-state index is 0.562. The molecule has 0 unspecified atom stereocenters. The zero-order valence-corrected chi connectivity index (χ0v) is 14.9. The van der Waals surface area contributed by atoms with Gasteiger partial charge in [-0.1, -0.05) is 35.9 Å². The van der Waals surface area contributed by atoms with Crippen LogP contribution in [0.5, 0.6) is 0 Å². The van der Waals surface area contributed by atoms with Crippen LogP contribution in [-0.2, 0) is 6.54 Å². The van der Waals surface area contributed by atoms with E-state index in [0.717, 1.165) is 39.9 Å². The van der Waals surface area contributed by atoms with E-state index in [-0.39, 0.29) is 0 Å². The number of hydrogen-bond donors (Lipinski definition) is 2. The molecule has 1 aromatic heterocycles. The average Bonchev–Trinajstić information content (AvgIpc) is 3.38. The van der Waals surface area contributed by atoms with Crippen LogP contribution in [0.2, 0.25) is 5.02 Å². The van der Waals surface area contributed by atoms with E-state index >= 15 is 0 Å². The van der Waals surface area contributed by atoms with E-state index in [0.29, 0.717) is 5.92 Å². The summed E-state index contributed by atoms with van der Waals surface area (Å²) in [6.07, 6.45) is 4.35. The molecule has 0 spiro atoms. The number of nitrogens with zero attached hydrogens (tertiary/aromatic N) is 2. The average molecular weight is 353 g/mol. The molecule has 25 heavy (non-hydrogen) atoms. The number of nitrogen functional groups attached to an aromatic ring is 1. The molecule has 5 heteroatoms. The van der Waals surface area contributed by atoms with Crippen molar-refractivity contribution in [2.24, 2.45) is 0 Å². The van der Waals surface area contributed by atoms with Gasteiger partial charge in [0.15, 0.2) is 0 Å². The standard InChI is InChI=1S/C20H21ClN4/c1-23-18-10-13(6-9-17(18)22)11-25-12-24-19(14-7-8-14)20(25)15-4-2-3-5-16(15)21/h2-6,9-10,12,14,23H,7-8,11,22H2,1H3. The van der Waals surface area contributed by atoms with E-state index in [1.165, 1.54) is 18.4 Å². The first kappa shape index (κ1) is 16.0.